The number of morpholine rings is 1. The summed E-state index contributed by atoms with van der Waals surface area (Å²) in [7, 11) is 0. The van der Waals surface area contributed by atoms with Crippen LogP contribution in [0.15, 0.2) is 24.3 Å². The predicted molar refractivity (Wildman–Crippen MR) is 65.8 cm³/mol. The van der Waals surface area contributed by atoms with Gasteiger partial charge >= 0.3 is 5.15 Å². The molecule has 0 atom stereocenters. The first-order valence-corrected chi connectivity index (χ1v) is 6.44. The van der Waals surface area contributed by atoms with Crippen molar-refractivity contribution < 1.29 is 8.80 Å². The lowest BCUT2D eigenvalue weighted by atomic mass is 10.3. The molecule has 0 unspecified atom stereocenters. The smallest absolute Gasteiger partial charge is 0.327 e. The molecule has 0 radical (unpaired) electrons. The fourth-order valence-electron chi connectivity index (χ4n) is 1.87. The van der Waals surface area contributed by atoms with E-state index in [1.165, 1.54) is 4.70 Å². The highest BCUT2D eigenvalue weighted by atomic mass is 35.5. The maximum Gasteiger partial charge on any atom is 0.327 e. The third-order valence-electron chi connectivity index (χ3n) is 2.71. The van der Waals surface area contributed by atoms with E-state index in [2.05, 4.69) is 21.2 Å². The topological polar surface area (TPSA) is 16.4 Å². The number of hydrogen-bond donors (Lipinski definition) is 0. The number of nitrogens with zero attached hydrogens (tertiary/aromatic N) is 2. The molecule has 5 heteroatoms. The van der Waals surface area contributed by atoms with Crippen molar-refractivity contribution in [3.8, 4) is 0 Å². The zero-order chi connectivity index (χ0) is 11.0. The molecular formula is C11H12ClN2OS+. The standard InChI is InChI=1S/C11H12ClN2OS/c12-11-9-3-1-2-4-10(9)16-14(11)13-5-7-15-8-6-13/h1-4H,5-8H2/q+1. The Labute approximate surface area is 103 Å². The van der Waals surface area contributed by atoms with Gasteiger partial charge in [-0.3, -0.25) is 0 Å². The zero-order valence-electron chi connectivity index (χ0n) is 8.73. The lowest BCUT2D eigenvalue weighted by molar-refractivity contribution is -0.625. The SMILES string of the molecule is Clc1c2ccccc2s[n+]1N1CCOCC1. The number of ether oxygens (including phenoxy) is 1. The monoisotopic (exact) mass is 255 g/mol. The quantitative estimate of drug-likeness (QED) is 0.723. The van der Waals surface area contributed by atoms with Gasteiger partial charge in [-0.05, 0) is 27.8 Å². The first-order chi connectivity index (χ1) is 7.86. The molecule has 1 fully saturated rings. The maximum absolute atomic E-state index is 6.38. The Morgan fingerprint density at radius 2 is 2.00 bits per heavy atom. The Kier molecular flexibility index (Phi) is 2.71. The summed E-state index contributed by atoms with van der Waals surface area (Å²) in [4.78, 5) is 0. The second-order valence-electron chi connectivity index (χ2n) is 3.72. The minimum Gasteiger partial charge on any atom is -0.377 e. The summed E-state index contributed by atoms with van der Waals surface area (Å²) in [6.07, 6.45) is 0. The van der Waals surface area contributed by atoms with Gasteiger partial charge in [0.05, 0.1) is 31.7 Å². The molecule has 84 valence electrons. The van der Waals surface area contributed by atoms with Crippen molar-refractivity contribution >= 4 is 33.2 Å². The average Bonchev–Trinajstić information content (AvgIpc) is 2.69. The molecule has 1 aliphatic heterocycles. The van der Waals surface area contributed by atoms with Gasteiger partial charge in [-0.25, -0.2) is 0 Å². The zero-order valence-corrected chi connectivity index (χ0v) is 10.3. The molecular weight excluding hydrogens is 244 g/mol. The van der Waals surface area contributed by atoms with Crippen molar-refractivity contribution in [2.75, 3.05) is 31.3 Å². The van der Waals surface area contributed by atoms with Gasteiger partial charge in [-0.1, -0.05) is 12.1 Å². The van der Waals surface area contributed by atoms with Crippen LogP contribution in [0.4, 0.5) is 0 Å². The van der Waals surface area contributed by atoms with Crippen molar-refractivity contribution in [2.45, 2.75) is 0 Å². The van der Waals surface area contributed by atoms with E-state index >= 15 is 0 Å². The second-order valence-corrected chi connectivity index (χ2v) is 5.04. The molecule has 0 amide bonds. The Morgan fingerprint density at radius 3 is 2.75 bits per heavy atom. The summed E-state index contributed by atoms with van der Waals surface area (Å²) in [5, 5.41) is 4.17. The van der Waals surface area contributed by atoms with Crippen LogP contribution in [0.2, 0.25) is 5.15 Å². The minimum absolute atomic E-state index is 0.775. The van der Waals surface area contributed by atoms with E-state index in [1.807, 2.05) is 12.1 Å². The highest BCUT2D eigenvalue weighted by Gasteiger charge is 2.26. The molecule has 1 aromatic heterocycles. The lowest BCUT2D eigenvalue weighted by Gasteiger charge is -2.20. The van der Waals surface area contributed by atoms with Gasteiger partial charge in [-0.15, -0.1) is 0 Å². The highest BCUT2D eigenvalue weighted by molar-refractivity contribution is 7.10. The molecule has 1 aromatic carbocycles. The van der Waals surface area contributed by atoms with Crippen molar-refractivity contribution in [2.24, 2.45) is 0 Å². The number of hydrogen-bond acceptors (Lipinski definition) is 3. The van der Waals surface area contributed by atoms with E-state index in [4.69, 9.17) is 16.3 Å². The first-order valence-electron chi connectivity index (χ1n) is 5.29. The van der Waals surface area contributed by atoms with E-state index in [0.29, 0.717) is 0 Å². The Balaban J connectivity index is 2.05. The average molecular weight is 256 g/mol. The third kappa shape index (κ3) is 1.67. The van der Waals surface area contributed by atoms with E-state index in [0.717, 1.165) is 36.8 Å². The highest BCUT2D eigenvalue weighted by Crippen LogP contribution is 2.24. The molecule has 0 N–H and O–H groups in total. The van der Waals surface area contributed by atoms with Crippen molar-refractivity contribution in [1.82, 2.24) is 0 Å². The van der Waals surface area contributed by atoms with E-state index in [-0.39, 0.29) is 0 Å². The lowest BCUT2D eigenvalue weighted by Crippen LogP contribution is -2.60. The van der Waals surface area contributed by atoms with Crippen molar-refractivity contribution in [3.63, 3.8) is 0 Å². The van der Waals surface area contributed by atoms with Crippen LogP contribution in [-0.4, -0.2) is 26.3 Å². The molecule has 16 heavy (non-hydrogen) atoms. The van der Waals surface area contributed by atoms with Crippen LogP contribution in [-0.2, 0) is 4.74 Å². The Hall–Kier alpha value is -0.840. The van der Waals surface area contributed by atoms with E-state index < -0.39 is 0 Å². The molecule has 2 heterocycles. The van der Waals surface area contributed by atoms with Crippen LogP contribution in [0.1, 0.15) is 0 Å². The summed E-state index contributed by atoms with van der Waals surface area (Å²) in [6.45, 7) is 3.35. The Bertz CT molecular complexity index is 508. The molecule has 2 aromatic rings. The molecule has 3 rings (SSSR count). The molecule has 0 aliphatic carbocycles. The summed E-state index contributed by atoms with van der Waals surface area (Å²) in [5.41, 5.74) is 0. The third-order valence-corrected chi connectivity index (χ3v) is 4.31. The molecule has 1 aliphatic rings. The fourth-order valence-corrected chi connectivity index (χ4v) is 3.35. The van der Waals surface area contributed by atoms with Crippen LogP contribution in [0.5, 0.6) is 0 Å². The number of benzene rings is 1. The molecule has 0 bridgehead atoms. The summed E-state index contributed by atoms with van der Waals surface area (Å²) < 4.78 is 8.64. The first kappa shape index (κ1) is 10.3. The predicted octanol–water partition coefficient (Wildman–Crippen LogP) is 1.81. The van der Waals surface area contributed by atoms with Crippen LogP contribution < -0.4 is 9.07 Å². The van der Waals surface area contributed by atoms with Crippen molar-refractivity contribution in [3.05, 3.63) is 29.4 Å². The number of fused-ring (bicyclic) bond motifs is 1. The van der Waals surface area contributed by atoms with Gasteiger partial charge in [0.15, 0.2) is 11.5 Å². The molecule has 0 spiro atoms. The maximum atomic E-state index is 6.38. The number of rotatable bonds is 1. The van der Waals surface area contributed by atoms with Gasteiger partial charge in [0.1, 0.15) is 4.70 Å². The molecule has 3 nitrogen and oxygen atoms in total. The van der Waals surface area contributed by atoms with Crippen LogP contribution in [0.3, 0.4) is 0 Å². The molecule has 1 saturated heterocycles. The van der Waals surface area contributed by atoms with Crippen molar-refractivity contribution in [1.29, 1.82) is 0 Å². The van der Waals surface area contributed by atoms with Crippen LogP contribution in [0.25, 0.3) is 10.1 Å². The number of aromatic nitrogens is 1. The molecule has 0 saturated carbocycles. The number of halogens is 1. The van der Waals surface area contributed by atoms with Gasteiger partial charge < -0.3 is 4.74 Å². The van der Waals surface area contributed by atoms with E-state index in [1.54, 1.807) is 11.5 Å². The summed E-state index contributed by atoms with van der Waals surface area (Å²) >= 11 is 8.07. The van der Waals surface area contributed by atoms with Gasteiger partial charge in [0.25, 0.3) is 0 Å². The van der Waals surface area contributed by atoms with Gasteiger partial charge in [-0.2, -0.15) is 5.01 Å². The second kappa shape index (κ2) is 4.20. The summed E-state index contributed by atoms with van der Waals surface area (Å²) in [6, 6.07) is 8.22. The van der Waals surface area contributed by atoms with Crippen LogP contribution >= 0.6 is 23.1 Å². The van der Waals surface area contributed by atoms with Crippen LogP contribution in [0, 0.1) is 0 Å². The van der Waals surface area contributed by atoms with Gasteiger partial charge in [0, 0.05) is 0 Å². The normalized spacial score (nSPS) is 16.9. The van der Waals surface area contributed by atoms with Gasteiger partial charge in [0.2, 0.25) is 0 Å². The minimum atomic E-state index is 0.775. The summed E-state index contributed by atoms with van der Waals surface area (Å²) in [5.74, 6) is 0. The van der Waals surface area contributed by atoms with E-state index in [9.17, 15) is 0 Å². The largest absolute Gasteiger partial charge is 0.377 e. The Morgan fingerprint density at radius 1 is 1.25 bits per heavy atom. The fraction of sp³-hybridized carbons (Fsp3) is 0.364.